The van der Waals surface area contributed by atoms with E-state index in [4.69, 9.17) is 27.5 Å². The highest BCUT2D eigenvalue weighted by Gasteiger charge is 2.50. The van der Waals surface area contributed by atoms with Gasteiger partial charge in [0.1, 0.15) is 5.82 Å². The van der Waals surface area contributed by atoms with Crippen molar-refractivity contribution in [3.05, 3.63) is 100.0 Å². The second kappa shape index (κ2) is 16.1. The summed E-state index contributed by atoms with van der Waals surface area (Å²) >= 11 is 5.87. The van der Waals surface area contributed by atoms with Gasteiger partial charge in [0.2, 0.25) is 5.91 Å². The number of nitrogens with zero attached hydrogens (tertiary/aromatic N) is 4. The van der Waals surface area contributed by atoms with E-state index in [0.29, 0.717) is 46.6 Å². The van der Waals surface area contributed by atoms with Gasteiger partial charge in [0.25, 0.3) is 5.91 Å². The van der Waals surface area contributed by atoms with Crippen molar-refractivity contribution < 1.29 is 27.9 Å². The number of primary amides is 1. The predicted molar refractivity (Wildman–Crippen MR) is 199 cm³/mol. The van der Waals surface area contributed by atoms with Crippen LogP contribution in [0, 0.1) is 11.3 Å². The number of carbonyl (C=O) groups is 3. The molecule has 14 heteroatoms. The van der Waals surface area contributed by atoms with Gasteiger partial charge in [-0.25, -0.2) is 4.98 Å². The number of hydrogen-bond donors (Lipinski definition) is 3. The van der Waals surface area contributed by atoms with Gasteiger partial charge in [-0.3, -0.25) is 24.3 Å². The van der Waals surface area contributed by atoms with Crippen molar-refractivity contribution in [1.29, 1.82) is 5.41 Å². The highest BCUT2D eigenvalue weighted by Crippen LogP contribution is 2.44. The van der Waals surface area contributed by atoms with Crippen LogP contribution in [0.15, 0.2) is 66.9 Å². The fourth-order valence-corrected chi connectivity index (χ4v) is 6.67. The van der Waals surface area contributed by atoms with Gasteiger partial charge in [0.15, 0.2) is 5.75 Å². The number of benzene rings is 2. The minimum absolute atomic E-state index is 0.0968. The smallest absolute Gasteiger partial charge is 0.423 e. The summed E-state index contributed by atoms with van der Waals surface area (Å²) in [6, 6.07) is 17.4. The van der Waals surface area contributed by atoms with Gasteiger partial charge in [0.05, 0.1) is 40.6 Å². The Bertz CT molecular complexity index is 2000. The van der Waals surface area contributed by atoms with Crippen LogP contribution in [-0.2, 0) is 29.0 Å². The molecule has 3 amide bonds. The van der Waals surface area contributed by atoms with Crippen molar-refractivity contribution >= 4 is 47.0 Å². The van der Waals surface area contributed by atoms with E-state index in [1.807, 2.05) is 35.2 Å². The van der Waals surface area contributed by atoms with Gasteiger partial charge in [-0.05, 0) is 79.8 Å². The summed E-state index contributed by atoms with van der Waals surface area (Å²) in [5.41, 5.74) is 8.79. The van der Waals surface area contributed by atoms with E-state index < -0.39 is 17.9 Å². The zero-order chi connectivity index (χ0) is 37.7. The lowest BCUT2D eigenvalue weighted by atomic mass is 9.91. The number of alkyl halides is 2. The minimum Gasteiger partial charge on any atom is -0.423 e. The Balaban J connectivity index is 0.000000267. The van der Waals surface area contributed by atoms with Crippen molar-refractivity contribution in [2.75, 3.05) is 30.4 Å². The lowest BCUT2D eigenvalue weighted by Crippen LogP contribution is -2.50. The van der Waals surface area contributed by atoms with Crippen LogP contribution >= 0.6 is 11.6 Å². The van der Waals surface area contributed by atoms with E-state index in [-0.39, 0.29) is 40.6 Å². The number of amides is 3. The maximum absolute atomic E-state index is 14.7. The molecule has 3 aliphatic rings. The van der Waals surface area contributed by atoms with Crippen LogP contribution in [0.2, 0.25) is 5.02 Å². The number of piperidine rings is 1. The van der Waals surface area contributed by atoms with Gasteiger partial charge in [0, 0.05) is 43.7 Å². The Hall–Kier alpha value is -5.43. The number of carbonyl (C=O) groups excluding carboxylic acids is 3. The Labute approximate surface area is 311 Å². The van der Waals surface area contributed by atoms with Gasteiger partial charge in [-0.2, -0.15) is 8.78 Å². The third-order valence-electron chi connectivity index (χ3n) is 9.40. The number of anilines is 2. The normalized spacial score (nSPS) is 16.1. The van der Waals surface area contributed by atoms with E-state index in [0.717, 1.165) is 42.6 Å². The first-order valence-electron chi connectivity index (χ1n) is 17.5. The molecule has 0 spiro atoms. The highest BCUT2D eigenvalue weighted by atomic mass is 35.5. The topological polar surface area (TPSA) is 155 Å². The monoisotopic (exact) mass is 743 g/mol. The van der Waals surface area contributed by atoms with E-state index in [1.54, 1.807) is 19.2 Å². The van der Waals surface area contributed by atoms with Crippen LogP contribution in [0.5, 0.6) is 5.75 Å². The van der Waals surface area contributed by atoms with E-state index in [2.05, 4.69) is 15.3 Å². The summed E-state index contributed by atoms with van der Waals surface area (Å²) in [7, 11) is 1.63. The van der Waals surface area contributed by atoms with Crippen LogP contribution in [0.3, 0.4) is 0 Å². The lowest BCUT2D eigenvalue weighted by Gasteiger charge is -2.33. The first-order valence-corrected chi connectivity index (χ1v) is 17.9. The van der Waals surface area contributed by atoms with Crippen LogP contribution in [0.25, 0.3) is 11.1 Å². The molecule has 0 atom stereocenters. The maximum Gasteiger partial charge on any atom is 0.482 e. The zero-order valence-electron chi connectivity index (χ0n) is 29.2. The van der Waals surface area contributed by atoms with E-state index >= 15 is 0 Å². The predicted octanol–water partition coefficient (Wildman–Crippen LogP) is 6.65. The van der Waals surface area contributed by atoms with Crippen molar-refractivity contribution in [1.82, 2.24) is 14.9 Å². The fourth-order valence-electron chi connectivity index (χ4n) is 6.56. The standard InChI is InChI=1S/C26H23ClF2N6O3.C13H17NO/c1-32-24-17(10-30)21(22(23(31)36)18(34-24)8-13-2-3-13)14-4-7-19-20(9-14)38-26(28,29)25(37)35(19)12-16-6-5-15(27)11-33-16;15-13(14-9-5-2-6-10-14)11-12-7-3-1-4-8-12/h4-7,9-11,13,30H,2-3,8,12H2,1H3,(H2,31,36)(H,32,34);1,3-4,7-8H,2,5-6,9-11H2. The Morgan fingerprint density at radius 2 is 1.83 bits per heavy atom. The number of hydrogen-bond acceptors (Lipinski definition) is 8. The van der Waals surface area contributed by atoms with Gasteiger partial charge >= 0.3 is 12.0 Å². The highest BCUT2D eigenvalue weighted by molar-refractivity contribution is 6.30. The molecule has 276 valence electrons. The van der Waals surface area contributed by atoms with Gasteiger partial charge in [-0.1, -0.05) is 48.0 Å². The quantitative estimate of drug-likeness (QED) is 0.154. The number of pyridine rings is 2. The maximum atomic E-state index is 14.7. The summed E-state index contributed by atoms with van der Waals surface area (Å²) in [4.78, 5) is 48.7. The van der Waals surface area contributed by atoms with Gasteiger partial charge in [-0.15, -0.1) is 0 Å². The van der Waals surface area contributed by atoms with Crippen molar-refractivity contribution in [3.8, 4) is 16.9 Å². The molecule has 4 N–H and O–H groups in total. The number of nitrogens with one attached hydrogen (secondary N) is 2. The summed E-state index contributed by atoms with van der Waals surface area (Å²) in [5, 5.41) is 11.3. The number of rotatable bonds is 10. The molecule has 0 bridgehead atoms. The molecular weight excluding hydrogens is 704 g/mol. The number of nitrogens with two attached hydrogens (primary N) is 1. The lowest BCUT2D eigenvalue weighted by molar-refractivity contribution is -0.193. The molecular formula is C39H40ClF2N7O4. The average molecular weight is 744 g/mol. The Morgan fingerprint density at radius 3 is 2.45 bits per heavy atom. The molecule has 2 aromatic carbocycles. The molecule has 2 aromatic heterocycles. The Morgan fingerprint density at radius 1 is 1.09 bits per heavy atom. The number of ether oxygens (including phenoxy) is 1. The largest absolute Gasteiger partial charge is 0.482 e. The van der Waals surface area contributed by atoms with Crippen LogP contribution in [0.1, 0.15) is 65.0 Å². The first kappa shape index (κ1) is 37.3. The summed E-state index contributed by atoms with van der Waals surface area (Å²) in [5.74, 6) is -1.56. The Kier molecular flexibility index (Phi) is 11.3. The molecule has 1 aliphatic carbocycles. The number of aromatic nitrogens is 2. The molecule has 0 unspecified atom stereocenters. The molecule has 0 radical (unpaired) electrons. The molecule has 1 saturated heterocycles. The summed E-state index contributed by atoms with van der Waals surface area (Å²) in [6.07, 6.45) is 4.94. The third-order valence-corrected chi connectivity index (χ3v) is 9.63. The SMILES string of the molecule is CNc1nc(CC2CC2)c(C(N)=O)c(-c2ccc3c(c2)OC(F)(F)C(=O)N3Cc2ccc(Cl)cn2)c1C=N.O=C(Cc1ccccc1)N1CCCCC1. The fraction of sp³-hybridized carbons (Fsp3) is 0.333. The van der Waals surface area contributed by atoms with Crippen LogP contribution in [-0.4, -0.2) is 65.0 Å². The summed E-state index contributed by atoms with van der Waals surface area (Å²) in [6.45, 7) is 1.65. The molecule has 4 heterocycles. The second-order valence-electron chi connectivity index (χ2n) is 13.2. The summed E-state index contributed by atoms with van der Waals surface area (Å²) < 4.78 is 34.3. The van der Waals surface area contributed by atoms with Crippen molar-refractivity contribution in [2.45, 2.75) is 57.6 Å². The molecule has 7 rings (SSSR count). The van der Waals surface area contributed by atoms with E-state index in [9.17, 15) is 23.2 Å². The second-order valence-corrected chi connectivity index (χ2v) is 13.7. The third kappa shape index (κ3) is 8.62. The molecule has 53 heavy (non-hydrogen) atoms. The molecule has 1 saturated carbocycles. The zero-order valence-corrected chi connectivity index (χ0v) is 30.0. The average Bonchev–Trinajstić information content (AvgIpc) is 3.98. The number of fused-ring (bicyclic) bond motifs is 1. The number of likely N-dealkylation sites (tertiary alicyclic amines) is 1. The van der Waals surface area contributed by atoms with Crippen molar-refractivity contribution in [3.63, 3.8) is 0 Å². The van der Waals surface area contributed by atoms with E-state index in [1.165, 1.54) is 43.7 Å². The minimum atomic E-state index is -4.14. The molecule has 2 fully saturated rings. The number of halogens is 3. The van der Waals surface area contributed by atoms with Crippen LogP contribution in [0.4, 0.5) is 20.3 Å². The molecule has 4 aromatic rings. The van der Waals surface area contributed by atoms with Crippen LogP contribution < -0.4 is 20.7 Å². The first-order chi connectivity index (χ1) is 25.5. The molecule has 11 nitrogen and oxygen atoms in total. The van der Waals surface area contributed by atoms with Crippen molar-refractivity contribution in [2.24, 2.45) is 11.7 Å². The van der Waals surface area contributed by atoms with Gasteiger partial charge < -0.3 is 26.1 Å². The molecule has 2 aliphatic heterocycles.